The van der Waals surface area contributed by atoms with Crippen LogP contribution < -0.4 is 9.47 Å². The maximum Gasteiger partial charge on any atom is 0.162 e. The Labute approximate surface area is 112 Å². The highest BCUT2D eigenvalue weighted by atomic mass is 16.5. The monoisotopic (exact) mass is 257 g/mol. The predicted molar refractivity (Wildman–Crippen MR) is 71.7 cm³/mol. The third-order valence-corrected chi connectivity index (χ3v) is 2.80. The van der Waals surface area contributed by atoms with Gasteiger partial charge in [0.2, 0.25) is 0 Å². The van der Waals surface area contributed by atoms with E-state index in [1.165, 1.54) is 0 Å². The van der Waals surface area contributed by atoms with Gasteiger partial charge in [0.15, 0.2) is 11.5 Å². The molecule has 19 heavy (non-hydrogen) atoms. The maximum absolute atomic E-state index is 10.7. The smallest absolute Gasteiger partial charge is 0.162 e. The molecule has 98 valence electrons. The molecule has 0 aliphatic rings. The van der Waals surface area contributed by atoms with E-state index in [4.69, 9.17) is 9.47 Å². The maximum atomic E-state index is 10.7. The standard InChI is InChI=1S/C15H15NO3/c1-11(13-5-7-16-8-6-13)19-14-4-3-12(10-17)9-15(14)18-2/h3-11H,1-2H3. The van der Waals surface area contributed by atoms with Gasteiger partial charge in [0.1, 0.15) is 12.4 Å². The Bertz CT molecular complexity index is 555. The molecular weight excluding hydrogens is 242 g/mol. The van der Waals surface area contributed by atoms with Crippen molar-refractivity contribution < 1.29 is 14.3 Å². The van der Waals surface area contributed by atoms with Crippen LogP contribution in [0.2, 0.25) is 0 Å². The van der Waals surface area contributed by atoms with E-state index in [2.05, 4.69) is 4.98 Å². The number of hydrogen-bond donors (Lipinski definition) is 0. The van der Waals surface area contributed by atoms with Gasteiger partial charge in [0, 0.05) is 18.0 Å². The van der Waals surface area contributed by atoms with Gasteiger partial charge in [-0.25, -0.2) is 0 Å². The zero-order valence-electron chi connectivity index (χ0n) is 10.9. The second-order valence-corrected chi connectivity index (χ2v) is 4.07. The SMILES string of the molecule is COc1cc(C=O)ccc1OC(C)c1ccncc1. The van der Waals surface area contributed by atoms with Crippen LogP contribution in [0.1, 0.15) is 28.9 Å². The van der Waals surface area contributed by atoms with Crippen LogP contribution in [-0.4, -0.2) is 18.4 Å². The Balaban J connectivity index is 2.21. The third-order valence-electron chi connectivity index (χ3n) is 2.80. The predicted octanol–water partition coefficient (Wildman–Crippen LogP) is 3.04. The lowest BCUT2D eigenvalue weighted by molar-refractivity contribution is 0.112. The third kappa shape index (κ3) is 3.10. The van der Waals surface area contributed by atoms with Crippen molar-refractivity contribution in [1.82, 2.24) is 4.98 Å². The number of methoxy groups -OCH3 is 1. The quantitative estimate of drug-likeness (QED) is 0.772. The topological polar surface area (TPSA) is 48.4 Å². The Morgan fingerprint density at radius 2 is 1.89 bits per heavy atom. The summed E-state index contributed by atoms with van der Waals surface area (Å²) >= 11 is 0. The molecule has 0 amide bonds. The van der Waals surface area contributed by atoms with Crippen LogP contribution in [0.15, 0.2) is 42.7 Å². The van der Waals surface area contributed by atoms with Crippen molar-refractivity contribution in [3.05, 3.63) is 53.9 Å². The van der Waals surface area contributed by atoms with Gasteiger partial charge >= 0.3 is 0 Å². The van der Waals surface area contributed by atoms with Gasteiger partial charge in [-0.05, 0) is 42.8 Å². The molecule has 0 radical (unpaired) electrons. The largest absolute Gasteiger partial charge is 0.493 e. The number of hydrogen-bond acceptors (Lipinski definition) is 4. The Morgan fingerprint density at radius 1 is 1.16 bits per heavy atom. The van der Waals surface area contributed by atoms with Crippen LogP contribution >= 0.6 is 0 Å². The average Bonchev–Trinajstić information content (AvgIpc) is 2.48. The van der Waals surface area contributed by atoms with Crippen LogP contribution in [0.5, 0.6) is 11.5 Å². The molecule has 4 nitrogen and oxygen atoms in total. The highest BCUT2D eigenvalue weighted by Gasteiger charge is 2.11. The number of benzene rings is 1. The fourth-order valence-corrected chi connectivity index (χ4v) is 1.75. The minimum Gasteiger partial charge on any atom is -0.493 e. The summed E-state index contributed by atoms with van der Waals surface area (Å²) in [4.78, 5) is 14.7. The minimum atomic E-state index is -0.126. The van der Waals surface area contributed by atoms with Crippen LogP contribution in [0.3, 0.4) is 0 Å². The molecule has 0 N–H and O–H groups in total. The summed E-state index contributed by atoms with van der Waals surface area (Å²) in [5, 5.41) is 0. The van der Waals surface area contributed by atoms with E-state index in [9.17, 15) is 4.79 Å². The number of rotatable bonds is 5. The van der Waals surface area contributed by atoms with Gasteiger partial charge in [0.05, 0.1) is 7.11 Å². The molecule has 2 aromatic rings. The second-order valence-electron chi connectivity index (χ2n) is 4.07. The number of carbonyl (C=O) groups excluding carboxylic acids is 1. The molecule has 0 fully saturated rings. The molecule has 4 heteroatoms. The summed E-state index contributed by atoms with van der Waals surface area (Å²) in [6, 6.07) is 8.89. The van der Waals surface area contributed by atoms with Crippen LogP contribution in [0.4, 0.5) is 0 Å². The van der Waals surface area contributed by atoms with Gasteiger partial charge in [-0.2, -0.15) is 0 Å². The molecule has 0 aliphatic heterocycles. The molecule has 0 spiro atoms. The molecule has 1 heterocycles. The van der Waals surface area contributed by atoms with Crippen molar-refractivity contribution >= 4 is 6.29 Å². The van der Waals surface area contributed by atoms with Gasteiger partial charge in [-0.3, -0.25) is 9.78 Å². The first-order valence-corrected chi connectivity index (χ1v) is 5.94. The summed E-state index contributed by atoms with van der Waals surface area (Å²) in [5.74, 6) is 1.16. The highest BCUT2D eigenvalue weighted by molar-refractivity contribution is 5.76. The van der Waals surface area contributed by atoms with Crippen molar-refractivity contribution in [2.75, 3.05) is 7.11 Å². The van der Waals surface area contributed by atoms with Gasteiger partial charge < -0.3 is 9.47 Å². The second kappa shape index (κ2) is 6.00. The number of carbonyl (C=O) groups is 1. The fourth-order valence-electron chi connectivity index (χ4n) is 1.75. The molecule has 2 rings (SSSR count). The van der Waals surface area contributed by atoms with Crippen molar-refractivity contribution in [2.45, 2.75) is 13.0 Å². The normalized spacial score (nSPS) is 11.7. The summed E-state index contributed by atoms with van der Waals surface area (Å²) < 4.78 is 11.1. The van der Waals surface area contributed by atoms with E-state index < -0.39 is 0 Å². The number of pyridine rings is 1. The number of aromatic nitrogens is 1. The van der Waals surface area contributed by atoms with Gasteiger partial charge in [-0.1, -0.05) is 0 Å². The average molecular weight is 257 g/mol. The van der Waals surface area contributed by atoms with E-state index in [0.717, 1.165) is 11.8 Å². The molecule has 0 bridgehead atoms. The lowest BCUT2D eigenvalue weighted by Gasteiger charge is -2.17. The highest BCUT2D eigenvalue weighted by Crippen LogP contribution is 2.31. The Morgan fingerprint density at radius 3 is 2.53 bits per heavy atom. The molecule has 0 saturated carbocycles. The molecule has 1 aromatic carbocycles. The zero-order valence-corrected chi connectivity index (χ0v) is 10.9. The van der Waals surface area contributed by atoms with Gasteiger partial charge in [-0.15, -0.1) is 0 Å². The molecule has 1 aromatic heterocycles. The first-order chi connectivity index (χ1) is 9.24. The molecule has 1 unspecified atom stereocenters. The number of aldehydes is 1. The van der Waals surface area contributed by atoms with Crippen molar-refractivity contribution in [1.29, 1.82) is 0 Å². The first kappa shape index (κ1) is 13.1. The van der Waals surface area contributed by atoms with Crippen molar-refractivity contribution in [3.8, 4) is 11.5 Å². The van der Waals surface area contributed by atoms with Crippen molar-refractivity contribution in [3.63, 3.8) is 0 Å². The molecule has 1 atom stereocenters. The van der Waals surface area contributed by atoms with Crippen LogP contribution in [0, 0.1) is 0 Å². The summed E-state index contributed by atoms with van der Waals surface area (Å²) in [5.41, 5.74) is 1.58. The van der Waals surface area contributed by atoms with E-state index in [1.807, 2.05) is 19.1 Å². The fraction of sp³-hybridized carbons (Fsp3) is 0.200. The summed E-state index contributed by atoms with van der Waals surface area (Å²) in [6.07, 6.45) is 4.10. The zero-order chi connectivity index (χ0) is 13.7. The van der Waals surface area contributed by atoms with E-state index in [0.29, 0.717) is 17.1 Å². The first-order valence-electron chi connectivity index (χ1n) is 5.94. The minimum absolute atomic E-state index is 0.126. The molecule has 0 saturated heterocycles. The lowest BCUT2D eigenvalue weighted by Crippen LogP contribution is -2.04. The number of nitrogens with zero attached hydrogens (tertiary/aromatic N) is 1. The van der Waals surface area contributed by atoms with E-state index in [-0.39, 0.29) is 6.10 Å². The summed E-state index contributed by atoms with van der Waals surface area (Å²) in [7, 11) is 1.55. The summed E-state index contributed by atoms with van der Waals surface area (Å²) in [6.45, 7) is 1.95. The van der Waals surface area contributed by atoms with Crippen molar-refractivity contribution in [2.24, 2.45) is 0 Å². The van der Waals surface area contributed by atoms with Crippen LogP contribution in [-0.2, 0) is 0 Å². The van der Waals surface area contributed by atoms with Crippen LogP contribution in [0.25, 0.3) is 0 Å². The van der Waals surface area contributed by atoms with E-state index >= 15 is 0 Å². The van der Waals surface area contributed by atoms with E-state index in [1.54, 1.807) is 37.7 Å². The lowest BCUT2D eigenvalue weighted by atomic mass is 10.1. The molecular formula is C15H15NO3. The Kier molecular flexibility index (Phi) is 4.13. The number of ether oxygens (including phenoxy) is 2. The van der Waals surface area contributed by atoms with Gasteiger partial charge in [0.25, 0.3) is 0 Å². The molecule has 0 aliphatic carbocycles. The Hall–Kier alpha value is -2.36.